The van der Waals surface area contributed by atoms with Gasteiger partial charge in [-0.2, -0.15) is 0 Å². The maximum absolute atomic E-state index is 3.51. The molecule has 3 heterocycles. The zero-order valence-corrected chi connectivity index (χ0v) is 37.1. The summed E-state index contributed by atoms with van der Waals surface area (Å²) in [6.07, 6.45) is 0. The average Bonchev–Trinajstić information content (AvgIpc) is 4.01. The molecule has 13 aromatic rings. The molecule has 10 aromatic carbocycles. The van der Waals surface area contributed by atoms with Crippen molar-refractivity contribution in [2.45, 2.75) is 0 Å². The Bertz CT molecular complexity index is 3750. The van der Waals surface area contributed by atoms with Crippen LogP contribution in [0.1, 0.15) is 0 Å². The van der Waals surface area contributed by atoms with Crippen molar-refractivity contribution >= 4 is 96.3 Å². The van der Waals surface area contributed by atoms with Crippen molar-refractivity contribution in [2.24, 2.45) is 0 Å². The van der Waals surface area contributed by atoms with E-state index in [9.17, 15) is 0 Å². The second-order valence-electron chi connectivity index (χ2n) is 16.9. The number of fused-ring (bicyclic) bond motifs is 9. The van der Waals surface area contributed by atoms with Crippen LogP contribution in [0.25, 0.3) is 82.5 Å². The Morgan fingerprint density at radius 3 is 0.891 bits per heavy atom. The Morgan fingerprint density at radius 1 is 0.203 bits per heavy atom. The number of nitrogens with zero attached hydrogens (tertiary/aromatic N) is 3. The van der Waals surface area contributed by atoms with Gasteiger partial charge in [0.15, 0.2) is 0 Å². The van der Waals surface area contributed by atoms with Crippen molar-refractivity contribution < 1.29 is 0 Å². The van der Waals surface area contributed by atoms with E-state index < -0.39 is 13.3 Å². The van der Waals surface area contributed by atoms with Crippen molar-refractivity contribution in [2.75, 3.05) is 0 Å². The number of rotatable bonds is 7. The topological polar surface area (TPSA) is 14.8 Å². The predicted molar refractivity (Wildman–Crippen MR) is 273 cm³/mol. The van der Waals surface area contributed by atoms with Gasteiger partial charge in [0.25, 0.3) is 0 Å². The molecule has 0 saturated heterocycles. The molecule has 0 aliphatic heterocycles. The van der Waals surface area contributed by atoms with Crippen LogP contribution in [-0.2, 0) is 0 Å². The fourth-order valence-electron chi connectivity index (χ4n) is 10.9. The minimum atomic E-state index is -3.51. The van der Waals surface area contributed by atoms with E-state index in [-0.39, 0.29) is 0 Å². The summed E-state index contributed by atoms with van der Waals surface area (Å²) in [5, 5.41) is 7.48. The third-order valence-electron chi connectivity index (χ3n) is 13.6. The van der Waals surface area contributed by atoms with Crippen molar-refractivity contribution in [3.05, 3.63) is 249 Å². The molecule has 0 bridgehead atoms. The average molecular weight is 877 g/mol. The molecule has 3 nitrogen and oxygen atoms in total. The molecule has 3 aromatic heterocycles. The second-order valence-corrected chi connectivity index (χ2v) is 24.9. The molecule has 0 N–H and O–H groups in total. The molecule has 0 unspecified atom stereocenters. The molecular formula is C60H41GeN3. The van der Waals surface area contributed by atoms with E-state index in [0.29, 0.717) is 0 Å². The summed E-state index contributed by atoms with van der Waals surface area (Å²) in [5.74, 6) is 0. The first-order chi connectivity index (χ1) is 31.8. The van der Waals surface area contributed by atoms with Crippen molar-refractivity contribution in [3.63, 3.8) is 0 Å². The molecule has 0 atom stereocenters. The summed E-state index contributed by atoms with van der Waals surface area (Å²) < 4.78 is 13.0. The van der Waals surface area contributed by atoms with E-state index in [0.717, 1.165) is 11.4 Å². The molecule has 4 heteroatoms. The molecule has 0 amide bonds. The van der Waals surface area contributed by atoms with Crippen LogP contribution in [0.5, 0.6) is 0 Å². The summed E-state index contributed by atoms with van der Waals surface area (Å²) in [5.41, 5.74) is 10.7. The standard InChI is InChI=1S/C60H41GeN3/c1-4-19-42(20-5-1)61(43-21-6-2-7-22-43,44-23-8-3-9-24-44)45-25-18-26-46(39-45)62-57-33-16-12-29-51(57)53-41-48(36-37-59(53)62)64-58-34-17-13-30-52(58)54-40-47(35-38-60(54)64)63-55-31-14-10-27-49(55)50-28-11-15-32-56(50)63/h1-41H. The van der Waals surface area contributed by atoms with Crippen molar-refractivity contribution in [1.82, 2.24) is 13.7 Å². The first kappa shape index (κ1) is 36.8. The van der Waals surface area contributed by atoms with Gasteiger partial charge in [-0.3, -0.25) is 0 Å². The first-order valence-corrected chi connectivity index (χ1v) is 26.3. The summed E-state index contributed by atoms with van der Waals surface area (Å²) in [7, 11) is 0. The van der Waals surface area contributed by atoms with Crippen molar-refractivity contribution in [3.8, 4) is 17.1 Å². The molecule has 0 fully saturated rings. The third kappa shape index (κ3) is 5.41. The molecular weight excluding hydrogens is 835 g/mol. The first-order valence-electron chi connectivity index (χ1n) is 22.1. The Kier molecular flexibility index (Phi) is 8.40. The van der Waals surface area contributed by atoms with Gasteiger partial charge in [0, 0.05) is 16.5 Å². The van der Waals surface area contributed by atoms with E-state index in [1.165, 1.54) is 88.7 Å². The third-order valence-corrected chi connectivity index (χ3v) is 23.6. The minimum absolute atomic E-state index is 1.14. The van der Waals surface area contributed by atoms with Gasteiger partial charge in [0.1, 0.15) is 0 Å². The normalized spacial score (nSPS) is 12.1. The Hall–Kier alpha value is -7.86. The van der Waals surface area contributed by atoms with E-state index in [4.69, 9.17) is 0 Å². The quantitative estimate of drug-likeness (QED) is 0.142. The van der Waals surface area contributed by atoms with Gasteiger partial charge in [-0.15, -0.1) is 0 Å². The summed E-state index contributed by atoms with van der Waals surface area (Å²) >= 11 is -3.51. The van der Waals surface area contributed by atoms with Gasteiger partial charge in [0.2, 0.25) is 0 Å². The van der Waals surface area contributed by atoms with Crippen LogP contribution in [0, 0.1) is 0 Å². The second kappa shape index (κ2) is 14.6. The number of para-hydroxylation sites is 4. The fraction of sp³-hybridized carbons (Fsp3) is 0. The van der Waals surface area contributed by atoms with Gasteiger partial charge >= 0.3 is 289 Å². The summed E-state index contributed by atoms with van der Waals surface area (Å²) in [4.78, 5) is 0. The van der Waals surface area contributed by atoms with Gasteiger partial charge in [0.05, 0.1) is 11.0 Å². The van der Waals surface area contributed by atoms with E-state index >= 15 is 0 Å². The molecule has 0 radical (unpaired) electrons. The fourth-order valence-corrected chi connectivity index (χ4v) is 20.9. The number of hydrogen-bond donors (Lipinski definition) is 0. The van der Waals surface area contributed by atoms with Crippen LogP contribution in [0.15, 0.2) is 249 Å². The number of benzene rings is 10. The molecule has 0 saturated carbocycles. The zero-order chi connectivity index (χ0) is 42.2. The Balaban J connectivity index is 1.01. The monoisotopic (exact) mass is 877 g/mol. The number of hydrogen-bond acceptors (Lipinski definition) is 0. The van der Waals surface area contributed by atoms with E-state index in [1.54, 1.807) is 0 Å². The van der Waals surface area contributed by atoms with Crippen LogP contribution in [0.2, 0.25) is 0 Å². The Labute approximate surface area is 373 Å². The van der Waals surface area contributed by atoms with Crippen LogP contribution in [0.4, 0.5) is 0 Å². The van der Waals surface area contributed by atoms with Gasteiger partial charge in [-0.1, -0.05) is 42.5 Å². The van der Waals surface area contributed by atoms with Crippen LogP contribution < -0.4 is 17.6 Å². The number of aromatic nitrogens is 3. The van der Waals surface area contributed by atoms with Crippen LogP contribution >= 0.6 is 0 Å². The van der Waals surface area contributed by atoms with E-state index in [1.807, 2.05) is 0 Å². The van der Waals surface area contributed by atoms with Crippen molar-refractivity contribution in [1.29, 1.82) is 0 Å². The predicted octanol–water partition coefficient (Wildman–Crippen LogP) is 12.4. The summed E-state index contributed by atoms with van der Waals surface area (Å²) in [6.45, 7) is 0. The molecule has 300 valence electrons. The van der Waals surface area contributed by atoms with Gasteiger partial charge in [-0.25, -0.2) is 0 Å². The van der Waals surface area contributed by atoms with Crippen LogP contribution in [0.3, 0.4) is 0 Å². The van der Waals surface area contributed by atoms with Gasteiger partial charge in [-0.05, 0) is 12.1 Å². The van der Waals surface area contributed by atoms with Crippen LogP contribution in [-0.4, -0.2) is 27.0 Å². The molecule has 0 aliphatic carbocycles. The maximum atomic E-state index is 2.49. The SMILES string of the molecule is c1cc[c]([Ge]([c]2ccccc2)([c]2ccccc2)[c]2cccc(-n3c4ccccc4c4cc(-n5c6ccccc6c6cc(-n7c8ccccc8c8ccccc87)ccc65)ccc43)c2)cc1. The summed E-state index contributed by atoms with van der Waals surface area (Å²) in [6, 6.07) is 92.5. The molecule has 0 aliphatic rings. The molecule has 64 heavy (non-hydrogen) atoms. The van der Waals surface area contributed by atoms with Gasteiger partial charge < -0.3 is 4.57 Å². The molecule has 13 rings (SSSR count). The van der Waals surface area contributed by atoms with E-state index in [2.05, 4.69) is 262 Å². The molecule has 0 spiro atoms. The Morgan fingerprint density at radius 2 is 0.500 bits per heavy atom. The zero-order valence-electron chi connectivity index (χ0n) is 35.0.